The molecule has 5 heteroatoms. The van der Waals surface area contributed by atoms with Crippen LogP contribution in [0.2, 0.25) is 0 Å². The smallest absolute Gasteiger partial charge is 0.246 e. The molecular formula is C27H43N3O2. The van der Waals surface area contributed by atoms with Crippen LogP contribution in [0.1, 0.15) is 77.7 Å². The van der Waals surface area contributed by atoms with E-state index in [4.69, 9.17) is 0 Å². The number of carbonyl (C=O) groups excluding carboxylic acids is 2. The minimum absolute atomic E-state index is 0.0803. The molecule has 1 aromatic rings. The molecule has 5 nitrogen and oxygen atoms in total. The molecule has 0 aromatic heterocycles. The number of hydrogen-bond donors (Lipinski definition) is 1. The van der Waals surface area contributed by atoms with E-state index < -0.39 is 5.54 Å². The standard InChI is InChI=1S/C27H43N3O2/c1-4-17-30-25(31)24(21-22(2)3)28-26(32)27(30)15-19-29(20-16-27)18-11-6-5-8-12-23-13-9-7-10-14-23/h7,9-10,13-14,22,24H,4-6,8,11-12,15-21H2,1-3H3,(H,28,32). The van der Waals surface area contributed by atoms with Gasteiger partial charge < -0.3 is 15.1 Å². The summed E-state index contributed by atoms with van der Waals surface area (Å²) in [7, 11) is 0. The number of aryl methyl sites for hydroxylation is 1. The van der Waals surface area contributed by atoms with Gasteiger partial charge in [0.25, 0.3) is 0 Å². The summed E-state index contributed by atoms with van der Waals surface area (Å²) in [6.07, 6.45) is 9.28. The van der Waals surface area contributed by atoms with E-state index in [1.54, 1.807) is 0 Å². The maximum Gasteiger partial charge on any atom is 0.246 e. The van der Waals surface area contributed by atoms with Crippen molar-refractivity contribution in [1.29, 1.82) is 0 Å². The van der Waals surface area contributed by atoms with Gasteiger partial charge in [0, 0.05) is 19.6 Å². The average Bonchev–Trinajstić information content (AvgIpc) is 2.79. The summed E-state index contributed by atoms with van der Waals surface area (Å²) in [5, 5.41) is 3.09. The summed E-state index contributed by atoms with van der Waals surface area (Å²) in [4.78, 5) is 30.9. The number of carbonyl (C=O) groups is 2. The summed E-state index contributed by atoms with van der Waals surface area (Å²) in [6, 6.07) is 10.4. The molecule has 2 aliphatic rings. The van der Waals surface area contributed by atoms with Crippen LogP contribution in [-0.2, 0) is 16.0 Å². The van der Waals surface area contributed by atoms with Gasteiger partial charge in [-0.2, -0.15) is 0 Å². The molecule has 2 heterocycles. The number of nitrogens with one attached hydrogen (secondary N) is 1. The van der Waals surface area contributed by atoms with Gasteiger partial charge in [0.2, 0.25) is 11.8 Å². The lowest BCUT2D eigenvalue weighted by molar-refractivity contribution is -0.161. The summed E-state index contributed by atoms with van der Waals surface area (Å²) in [5.74, 6) is 0.597. The summed E-state index contributed by atoms with van der Waals surface area (Å²) < 4.78 is 0. The molecule has 1 unspecified atom stereocenters. The molecule has 2 aliphatic heterocycles. The quantitative estimate of drug-likeness (QED) is 0.518. The average molecular weight is 442 g/mol. The number of rotatable bonds is 11. The lowest BCUT2D eigenvalue weighted by Crippen LogP contribution is -2.73. The van der Waals surface area contributed by atoms with E-state index in [-0.39, 0.29) is 17.9 Å². The van der Waals surface area contributed by atoms with Crippen LogP contribution in [0.4, 0.5) is 0 Å². The van der Waals surface area contributed by atoms with Crippen molar-refractivity contribution in [2.45, 2.75) is 90.1 Å². The van der Waals surface area contributed by atoms with Gasteiger partial charge in [-0.05, 0) is 63.0 Å². The second-order valence-corrected chi connectivity index (χ2v) is 10.2. The van der Waals surface area contributed by atoms with Gasteiger partial charge >= 0.3 is 0 Å². The monoisotopic (exact) mass is 441 g/mol. The summed E-state index contributed by atoms with van der Waals surface area (Å²) >= 11 is 0. The van der Waals surface area contributed by atoms with E-state index in [0.29, 0.717) is 12.5 Å². The molecule has 2 fully saturated rings. The molecule has 0 bridgehead atoms. The third-order valence-electron chi connectivity index (χ3n) is 7.18. The highest BCUT2D eigenvalue weighted by atomic mass is 16.2. The first-order valence-corrected chi connectivity index (χ1v) is 12.8. The van der Waals surface area contributed by atoms with Crippen molar-refractivity contribution < 1.29 is 9.59 Å². The predicted molar refractivity (Wildman–Crippen MR) is 130 cm³/mol. The fraction of sp³-hybridized carbons (Fsp3) is 0.704. The van der Waals surface area contributed by atoms with Crippen molar-refractivity contribution in [2.24, 2.45) is 5.92 Å². The van der Waals surface area contributed by atoms with Crippen molar-refractivity contribution >= 4 is 11.8 Å². The topological polar surface area (TPSA) is 52.7 Å². The van der Waals surface area contributed by atoms with Crippen LogP contribution in [0.3, 0.4) is 0 Å². The van der Waals surface area contributed by atoms with Crippen molar-refractivity contribution in [3.8, 4) is 0 Å². The Hall–Kier alpha value is -1.88. The number of unbranched alkanes of at least 4 members (excludes halogenated alkanes) is 3. The Morgan fingerprint density at radius 3 is 2.34 bits per heavy atom. The molecule has 3 rings (SSSR count). The Bertz CT molecular complexity index is 726. The minimum atomic E-state index is -0.632. The molecule has 1 aromatic carbocycles. The molecule has 2 amide bonds. The van der Waals surface area contributed by atoms with Crippen LogP contribution >= 0.6 is 0 Å². The fourth-order valence-corrected chi connectivity index (χ4v) is 5.36. The fourth-order valence-electron chi connectivity index (χ4n) is 5.36. The lowest BCUT2D eigenvalue weighted by Gasteiger charge is -2.52. The van der Waals surface area contributed by atoms with Crippen LogP contribution in [0, 0.1) is 5.92 Å². The van der Waals surface area contributed by atoms with Crippen LogP contribution in [0.25, 0.3) is 0 Å². The van der Waals surface area contributed by atoms with E-state index >= 15 is 0 Å². The number of piperazine rings is 1. The van der Waals surface area contributed by atoms with E-state index in [0.717, 1.165) is 45.3 Å². The van der Waals surface area contributed by atoms with E-state index in [1.807, 2.05) is 4.90 Å². The lowest BCUT2D eigenvalue weighted by atomic mass is 9.80. The number of likely N-dealkylation sites (tertiary alicyclic amines) is 1. The predicted octanol–water partition coefficient (Wildman–Crippen LogP) is 4.41. The molecule has 0 saturated carbocycles. The molecule has 1 N–H and O–H groups in total. The van der Waals surface area contributed by atoms with Gasteiger partial charge in [-0.25, -0.2) is 0 Å². The Morgan fingerprint density at radius 1 is 1.00 bits per heavy atom. The second-order valence-electron chi connectivity index (χ2n) is 10.2. The normalized spacial score (nSPS) is 21.4. The Labute approximate surface area is 194 Å². The first-order chi connectivity index (χ1) is 15.5. The van der Waals surface area contributed by atoms with Gasteiger partial charge in [0.1, 0.15) is 11.6 Å². The number of amides is 2. The zero-order chi connectivity index (χ0) is 23.0. The third-order valence-corrected chi connectivity index (χ3v) is 7.18. The first-order valence-electron chi connectivity index (χ1n) is 12.8. The van der Waals surface area contributed by atoms with Crippen LogP contribution in [0.5, 0.6) is 0 Å². The first kappa shape index (κ1) is 24.8. The highest BCUT2D eigenvalue weighted by molar-refractivity contribution is 6.00. The Kier molecular flexibility index (Phi) is 9.15. The molecule has 32 heavy (non-hydrogen) atoms. The van der Waals surface area contributed by atoms with Gasteiger partial charge in [-0.3, -0.25) is 9.59 Å². The molecule has 1 spiro atoms. The number of nitrogens with zero attached hydrogens (tertiary/aromatic N) is 2. The number of piperidine rings is 1. The van der Waals surface area contributed by atoms with Crippen molar-refractivity contribution in [3.63, 3.8) is 0 Å². The van der Waals surface area contributed by atoms with Gasteiger partial charge in [0.05, 0.1) is 0 Å². The number of hydrogen-bond acceptors (Lipinski definition) is 3. The highest BCUT2D eigenvalue weighted by Gasteiger charge is 2.53. The van der Waals surface area contributed by atoms with Crippen LogP contribution in [0.15, 0.2) is 30.3 Å². The third kappa shape index (κ3) is 6.12. The molecular weight excluding hydrogens is 398 g/mol. The van der Waals surface area contributed by atoms with Crippen molar-refractivity contribution in [3.05, 3.63) is 35.9 Å². The zero-order valence-electron chi connectivity index (χ0n) is 20.4. The Morgan fingerprint density at radius 2 is 1.69 bits per heavy atom. The van der Waals surface area contributed by atoms with Gasteiger partial charge in [0.15, 0.2) is 0 Å². The summed E-state index contributed by atoms with van der Waals surface area (Å²) in [5.41, 5.74) is 0.800. The van der Waals surface area contributed by atoms with Gasteiger partial charge in [-0.1, -0.05) is 63.9 Å². The van der Waals surface area contributed by atoms with Crippen molar-refractivity contribution in [2.75, 3.05) is 26.2 Å². The molecule has 0 radical (unpaired) electrons. The molecule has 0 aliphatic carbocycles. The van der Waals surface area contributed by atoms with Gasteiger partial charge in [-0.15, -0.1) is 0 Å². The number of benzene rings is 1. The largest absolute Gasteiger partial charge is 0.342 e. The molecule has 2 saturated heterocycles. The maximum absolute atomic E-state index is 13.2. The highest BCUT2D eigenvalue weighted by Crippen LogP contribution is 2.34. The second kappa shape index (κ2) is 11.8. The SMILES string of the molecule is CCCN1C(=O)C(CC(C)C)NC(=O)C12CCN(CCCCCCc1ccccc1)CC2. The minimum Gasteiger partial charge on any atom is -0.342 e. The maximum atomic E-state index is 13.2. The van der Waals surface area contributed by atoms with Crippen molar-refractivity contribution in [1.82, 2.24) is 15.1 Å². The molecule has 1 atom stereocenters. The van der Waals surface area contributed by atoms with E-state index in [1.165, 1.54) is 37.7 Å². The van der Waals surface area contributed by atoms with E-state index in [2.05, 4.69) is 61.3 Å². The molecule has 178 valence electrons. The Balaban J connectivity index is 1.44. The van der Waals surface area contributed by atoms with Crippen LogP contribution < -0.4 is 5.32 Å². The zero-order valence-corrected chi connectivity index (χ0v) is 20.4. The van der Waals surface area contributed by atoms with Crippen LogP contribution in [-0.4, -0.2) is 59.4 Å². The van der Waals surface area contributed by atoms with E-state index in [9.17, 15) is 9.59 Å². The summed E-state index contributed by atoms with van der Waals surface area (Å²) in [6.45, 7) is 9.89.